The van der Waals surface area contributed by atoms with Crippen LogP contribution in [0.2, 0.25) is 0 Å². The molecule has 0 amide bonds. The minimum Gasteiger partial charge on any atom is -0.396 e. The molecule has 1 heterocycles. The van der Waals surface area contributed by atoms with Crippen molar-refractivity contribution < 1.29 is 0 Å². The van der Waals surface area contributed by atoms with E-state index in [1.807, 2.05) is 12.1 Å². The number of hydrogen-bond donors (Lipinski definition) is 2. The highest BCUT2D eigenvalue weighted by Gasteiger charge is 2.05. The molecular formula is C13H13N3S. The molecule has 3 nitrogen and oxygen atoms in total. The summed E-state index contributed by atoms with van der Waals surface area (Å²) in [6.45, 7) is 2.82. The van der Waals surface area contributed by atoms with E-state index in [0.717, 1.165) is 12.2 Å². The number of benzene rings is 1. The van der Waals surface area contributed by atoms with E-state index in [9.17, 15) is 0 Å². The van der Waals surface area contributed by atoms with Gasteiger partial charge in [-0.25, -0.2) is 0 Å². The molecule has 0 spiro atoms. The summed E-state index contributed by atoms with van der Waals surface area (Å²) in [6.07, 6.45) is 0. The van der Waals surface area contributed by atoms with Crippen molar-refractivity contribution in [2.45, 2.75) is 13.5 Å². The van der Waals surface area contributed by atoms with Crippen molar-refractivity contribution in [3.05, 3.63) is 45.6 Å². The fourth-order valence-electron chi connectivity index (χ4n) is 1.58. The van der Waals surface area contributed by atoms with Crippen LogP contribution in [0.25, 0.3) is 0 Å². The van der Waals surface area contributed by atoms with Crippen molar-refractivity contribution >= 4 is 22.7 Å². The van der Waals surface area contributed by atoms with Gasteiger partial charge in [0.2, 0.25) is 0 Å². The minimum absolute atomic E-state index is 0.512. The first kappa shape index (κ1) is 11.5. The van der Waals surface area contributed by atoms with E-state index in [1.165, 1.54) is 10.4 Å². The molecule has 0 aliphatic carbocycles. The summed E-state index contributed by atoms with van der Waals surface area (Å²) >= 11 is 1.72. The Labute approximate surface area is 105 Å². The van der Waals surface area contributed by atoms with Crippen LogP contribution < -0.4 is 11.1 Å². The molecule has 0 radical (unpaired) electrons. The molecule has 0 unspecified atom stereocenters. The van der Waals surface area contributed by atoms with Gasteiger partial charge in [0, 0.05) is 11.4 Å². The first-order chi connectivity index (χ1) is 8.22. The fraction of sp³-hybridized carbons (Fsp3) is 0.154. The summed E-state index contributed by atoms with van der Waals surface area (Å²) in [4.78, 5) is 1.28. The van der Waals surface area contributed by atoms with Gasteiger partial charge in [0.1, 0.15) is 6.07 Å². The third-order valence-electron chi connectivity index (χ3n) is 2.63. The number of nitrogen functional groups attached to an aromatic ring is 1. The van der Waals surface area contributed by atoms with Crippen molar-refractivity contribution in [2.24, 2.45) is 0 Å². The second kappa shape index (κ2) is 4.89. The van der Waals surface area contributed by atoms with Crippen LogP contribution in [0.4, 0.5) is 11.4 Å². The third-order valence-corrected chi connectivity index (χ3v) is 3.66. The van der Waals surface area contributed by atoms with Gasteiger partial charge in [0.05, 0.1) is 16.9 Å². The molecule has 0 saturated heterocycles. The highest BCUT2D eigenvalue weighted by molar-refractivity contribution is 7.10. The van der Waals surface area contributed by atoms with E-state index >= 15 is 0 Å². The molecule has 0 atom stereocenters. The first-order valence-corrected chi connectivity index (χ1v) is 6.15. The maximum absolute atomic E-state index is 8.88. The summed E-state index contributed by atoms with van der Waals surface area (Å²) in [5.74, 6) is 0. The number of thiophene rings is 1. The molecule has 4 heteroatoms. The number of aryl methyl sites for hydroxylation is 1. The Morgan fingerprint density at radius 1 is 1.41 bits per heavy atom. The molecule has 2 aromatic rings. The number of rotatable bonds is 3. The molecule has 0 saturated carbocycles. The Kier molecular flexibility index (Phi) is 3.31. The molecule has 0 aliphatic rings. The van der Waals surface area contributed by atoms with Gasteiger partial charge >= 0.3 is 0 Å². The van der Waals surface area contributed by atoms with Crippen LogP contribution in [0.5, 0.6) is 0 Å². The van der Waals surface area contributed by atoms with Gasteiger partial charge in [0.15, 0.2) is 0 Å². The normalized spacial score (nSPS) is 9.88. The molecule has 0 aliphatic heterocycles. The van der Waals surface area contributed by atoms with Gasteiger partial charge in [-0.1, -0.05) is 6.07 Å². The number of nitrogens with two attached hydrogens (primary N) is 1. The highest BCUT2D eigenvalue weighted by Crippen LogP contribution is 2.24. The third kappa shape index (κ3) is 2.40. The van der Waals surface area contributed by atoms with Crippen molar-refractivity contribution in [1.82, 2.24) is 0 Å². The number of nitriles is 1. The smallest absolute Gasteiger partial charge is 0.101 e. The summed E-state index contributed by atoms with van der Waals surface area (Å²) in [5.41, 5.74) is 9.01. The van der Waals surface area contributed by atoms with Crippen LogP contribution in [0.15, 0.2) is 29.6 Å². The van der Waals surface area contributed by atoms with Gasteiger partial charge in [-0.05, 0) is 36.1 Å². The lowest BCUT2D eigenvalue weighted by atomic mass is 10.1. The van der Waals surface area contributed by atoms with Gasteiger partial charge < -0.3 is 11.1 Å². The topological polar surface area (TPSA) is 61.8 Å². The maximum Gasteiger partial charge on any atom is 0.101 e. The molecule has 1 aromatic heterocycles. The van der Waals surface area contributed by atoms with Crippen LogP contribution in [0.1, 0.15) is 16.0 Å². The predicted molar refractivity (Wildman–Crippen MR) is 72.0 cm³/mol. The number of para-hydroxylation sites is 1. The number of nitrogens with zero attached hydrogens (tertiary/aromatic N) is 1. The van der Waals surface area contributed by atoms with Gasteiger partial charge in [-0.3, -0.25) is 0 Å². The lowest BCUT2D eigenvalue weighted by Crippen LogP contribution is -2.03. The molecule has 17 heavy (non-hydrogen) atoms. The number of anilines is 2. The second-order valence-electron chi connectivity index (χ2n) is 3.76. The summed E-state index contributed by atoms with van der Waals surface area (Å²) < 4.78 is 0. The highest BCUT2D eigenvalue weighted by atomic mass is 32.1. The summed E-state index contributed by atoms with van der Waals surface area (Å²) in [5, 5.41) is 14.2. The van der Waals surface area contributed by atoms with E-state index in [1.54, 1.807) is 17.4 Å². The molecule has 1 aromatic carbocycles. The molecule has 0 fully saturated rings. The van der Waals surface area contributed by atoms with Crippen molar-refractivity contribution in [1.29, 1.82) is 5.26 Å². The van der Waals surface area contributed by atoms with Gasteiger partial charge in [0.25, 0.3) is 0 Å². The zero-order valence-electron chi connectivity index (χ0n) is 9.53. The van der Waals surface area contributed by atoms with Crippen LogP contribution in [-0.2, 0) is 6.54 Å². The van der Waals surface area contributed by atoms with Crippen LogP contribution >= 0.6 is 11.3 Å². The number of hydrogen-bond acceptors (Lipinski definition) is 4. The van der Waals surface area contributed by atoms with E-state index in [2.05, 4.69) is 29.8 Å². The SMILES string of the molecule is Cc1ccsc1CNc1cccc(C#N)c1N. The lowest BCUT2D eigenvalue weighted by molar-refractivity contribution is 1.17. The molecular weight excluding hydrogens is 230 g/mol. The second-order valence-corrected chi connectivity index (χ2v) is 4.76. The zero-order chi connectivity index (χ0) is 12.3. The van der Waals surface area contributed by atoms with E-state index in [4.69, 9.17) is 11.0 Å². The monoisotopic (exact) mass is 243 g/mol. The van der Waals surface area contributed by atoms with Crippen molar-refractivity contribution in [3.8, 4) is 6.07 Å². The fourth-order valence-corrected chi connectivity index (χ4v) is 2.42. The van der Waals surface area contributed by atoms with Crippen LogP contribution in [-0.4, -0.2) is 0 Å². The largest absolute Gasteiger partial charge is 0.396 e. The summed E-state index contributed by atoms with van der Waals surface area (Å²) in [6, 6.07) is 9.61. The Balaban J connectivity index is 2.15. The Bertz CT molecular complexity index is 566. The predicted octanol–water partition coefficient (Wildman–Crippen LogP) is 3.12. The Morgan fingerprint density at radius 2 is 2.24 bits per heavy atom. The quantitative estimate of drug-likeness (QED) is 0.814. The first-order valence-electron chi connectivity index (χ1n) is 5.28. The molecule has 2 rings (SSSR count). The average Bonchev–Trinajstić information content (AvgIpc) is 2.74. The minimum atomic E-state index is 0.512. The van der Waals surface area contributed by atoms with Crippen LogP contribution in [0.3, 0.4) is 0 Å². The van der Waals surface area contributed by atoms with Gasteiger partial charge in [-0.2, -0.15) is 5.26 Å². The number of nitrogens with one attached hydrogen (secondary N) is 1. The van der Waals surface area contributed by atoms with E-state index in [-0.39, 0.29) is 0 Å². The Hall–Kier alpha value is -1.99. The molecule has 3 N–H and O–H groups in total. The van der Waals surface area contributed by atoms with Crippen molar-refractivity contribution in [2.75, 3.05) is 11.1 Å². The molecule has 0 bridgehead atoms. The molecule has 86 valence electrons. The maximum atomic E-state index is 8.88. The summed E-state index contributed by atoms with van der Waals surface area (Å²) in [7, 11) is 0. The van der Waals surface area contributed by atoms with Crippen molar-refractivity contribution in [3.63, 3.8) is 0 Å². The average molecular weight is 243 g/mol. The zero-order valence-corrected chi connectivity index (χ0v) is 10.3. The van der Waals surface area contributed by atoms with Gasteiger partial charge in [-0.15, -0.1) is 11.3 Å². The standard InChI is InChI=1S/C13H13N3S/c1-9-5-6-17-12(9)8-16-11-4-2-3-10(7-14)13(11)15/h2-6,16H,8,15H2,1H3. The Morgan fingerprint density at radius 3 is 2.88 bits per heavy atom. The van der Waals surface area contributed by atoms with E-state index in [0.29, 0.717) is 11.3 Å². The van der Waals surface area contributed by atoms with Crippen LogP contribution in [0, 0.1) is 18.3 Å². The lowest BCUT2D eigenvalue weighted by Gasteiger charge is -2.09. The van der Waals surface area contributed by atoms with E-state index < -0.39 is 0 Å².